The number of unbranched alkanes of at least 4 members (excludes halogenated alkanes) is 46. The SMILES string of the molecule is CCCCC/C=C\CCCCCCCC(=O)OCCCCCCCCCCC/C=C\C/C=C\CCCCCCCCCC(=O)NC(CO)C(O)/C=C/CCCCCCCCCCCCCCCCCCCCCCCC. The second-order valence-corrected chi connectivity index (χ2v) is 23.1. The third-order valence-corrected chi connectivity index (χ3v) is 15.6. The number of esters is 1. The van der Waals surface area contributed by atoms with E-state index in [-0.39, 0.29) is 18.5 Å². The Kier molecular flexibility index (Phi) is 63.5. The molecule has 2 unspecified atom stereocenters. The highest BCUT2D eigenvalue weighted by Crippen LogP contribution is 2.18. The number of hydrogen-bond donors (Lipinski definition) is 3. The third-order valence-electron chi connectivity index (χ3n) is 15.6. The molecule has 2 atom stereocenters. The molecule has 0 radical (unpaired) electrons. The fourth-order valence-electron chi connectivity index (χ4n) is 10.4. The van der Waals surface area contributed by atoms with E-state index in [0.717, 1.165) is 64.2 Å². The molecule has 1 amide bonds. The van der Waals surface area contributed by atoms with Crippen molar-refractivity contribution >= 4 is 11.9 Å². The van der Waals surface area contributed by atoms with Crippen molar-refractivity contribution in [2.75, 3.05) is 13.2 Å². The van der Waals surface area contributed by atoms with Crippen molar-refractivity contribution in [3.05, 3.63) is 48.6 Å². The summed E-state index contributed by atoms with van der Waals surface area (Å²) in [6.07, 6.45) is 84.6. The second kappa shape index (κ2) is 65.3. The van der Waals surface area contributed by atoms with Crippen LogP contribution in [0, 0.1) is 0 Å². The maximum atomic E-state index is 12.5. The molecule has 0 bridgehead atoms. The van der Waals surface area contributed by atoms with E-state index in [4.69, 9.17) is 4.74 Å². The van der Waals surface area contributed by atoms with Gasteiger partial charge in [-0.1, -0.05) is 306 Å². The Balaban J connectivity index is 3.49. The zero-order valence-corrected chi connectivity index (χ0v) is 51.0. The third kappa shape index (κ3) is 61.0. The van der Waals surface area contributed by atoms with E-state index < -0.39 is 12.1 Å². The number of aliphatic hydroxyl groups is 2. The van der Waals surface area contributed by atoms with Crippen molar-refractivity contribution in [1.82, 2.24) is 5.32 Å². The van der Waals surface area contributed by atoms with Crippen molar-refractivity contribution in [2.45, 2.75) is 373 Å². The van der Waals surface area contributed by atoms with Crippen LogP contribution in [-0.2, 0) is 14.3 Å². The summed E-state index contributed by atoms with van der Waals surface area (Å²) in [5.41, 5.74) is 0. The average Bonchev–Trinajstić information content (AvgIpc) is 3.42. The smallest absolute Gasteiger partial charge is 0.305 e. The predicted molar refractivity (Wildman–Crippen MR) is 333 cm³/mol. The summed E-state index contributed by atoms with van der Waals surface area (Å²) in [5.74, 6) is -0.0791. The summed E-state index contributed by atoms with van der Waals surface area (Å²) in [7, 11) is 0. The molecule has 0 saturated heterocycles. The maximum Gasteiger partial charge on any atom is 0.305 e. The number of aliphatic hydroxyl groups excluding tert-OH is 2. The van der Waals surface area contributed by atoms with Gasteiger partial charge in [0.15, 0.2) is 0 Å². The molecule has 0 aliphatic carbocycles. The second-order valence-electron chi connectivity index (χ2n) is 23.1. The first-order chi connectivity index (χ1) is 37.5. The molecule has 0 aliphatic heterocycles. The monoisotopic (exact) mass is 1070 g/mol. The van der Waals surface area contributed by atoms with Crippen LogP contribution in [0.4, 0.5) is 0 Å². The van der Waals surface area contributed by atoms with Crippen LogP contribution in [0.2, 0.25) is 0 Å². The van der Waals surface area contributed by atoms with Crippen molar-refractivity contribution in [2.24, 2.45) is 0 Å². The highest BCUT2D eigenvalue weighted by molar-refractivity contribution is 5.76. The topological polar surface area (TPSA) is 95.9 Å². The van der Waals surface area contributed by atoms with Gasteiger partial charge < -0.3 is 20.3 Å². The van der Waals surface area contributed by atoms with E-state index in [2.05, 4.69) is 55.6 Å². The predicted octanol–water partition coefficient (Wildman–Crippen LogP) is 21.7. The largest absolute Gasteiger partial charge is 0.466 e. The molecular formula is C70H131NO5. The van der Waals surface area contributed by atoms with Crippen LogP contribution in [0.15, 0.2) is 48.6 Å². The van der Waals surface area contributed by atoms with Gasteiger partial charge in [-0.05, 0) is 89.9 Å². The summed E-state index contributed by atoms with van der Waals surface area (Å²) in [4.78, 5) is 24.5. The lowest BCUT2D eigenvalue weighted by Gasteiger charge is -2.20. The number of nitrogens with one attached hydrogen (secondary N) is 1. The summed E-state index contributed by atoms with van der Waals surface area (Å²) in [5, 5.41) is 23.2. The van der Waals surface area contributed by atoms with E-state index in [9.17, 15) is 19.8 Å². The quantitative estimate of drug-likeness (QED) is 0.0320. The summed E-state index contributed by atoms with van der Waals surface area (Å²) in [6.45, 7) is 4.89. The normalized spacial score (nSPS) is 12.8. The zero-order valence-electron chi connectivity index (χ0n) is 51.0. The van der Waals surface area contributed by atoms with Crippen LogP contribution in [-0.4, -0.2) is 47.4 Å². The van der Waals surface area contributed by atoms with Gasteiger partial charge >= 0.3 is 5.97 Å². The number of carbonyl (C=O) groups excluding carboxylic acids is 2. The Morgan fingerprint density at radius 3 is 1.04 bits per heavy atom. The van der Waals surface area contributed by atoms with E-state index in [1.165, 1.54) is 270 Å². The van der Waals surface area contributed by atoms with Gasteiger partial charge in [-0.2, -0.15) is 0 Å². The van der Waals surface area contributed by atoms with Gasteiger partial charge in [0.1, 0.15) is 0 Å². The molecule has 6 nitrogen and oxygen atoms in total. The van der Waals surface area contributed by atoms with Crippen LogP contribution in [0.1, 0.15) is 361 Å². The van der Waals surface area contributed by atoms with Crippen LogP contribution >= 0.6 is 0 Å². The molecule has 6 heteroatoms. The van der Waals surface area contributed by atoms with Gasteiger partial charge in [0.05, 0.1) is 25.4 Å². The molecule has 3 N–H and O–H groups in total. The van der Waals surface area contributed by atoms with Crippen molar-refractivity contribution < 1.29 is 24.5 Å². The van der Waals surface area contributed by atoms with Gasteiger partial charge in [-0.3, -0.25) is 9.59 Å². The summed E-state index contributed by atoms with van der Waals surface area (Å²) < 4.78 is 5.46. The lowest BCUT2D eigenvalue weighted by molar-refractivity contribution is -0.143. The van der Waals surface area contributed by atoms with Crippen LogP contribution < -0.4 is 5.32 Å². The number of carbonyl (C=O) groups is 2. The minimum atomic E-state index is -0.853. The maximum absolute atomic E-state index is 12.5. The molecule has 0 aromatic heterocycles. The molecule has 0 aromatic rings. The van der Waals surface area contributed by atoms with E-state index in [0.29, 0.717) is 19.4 Å². The lowest BCUT2D eigenvalue weighted by Crippen LogP contribution is -2.45. The molecule has 0 spiro atoms. The fraction of sp³-hybridized carbons (Fsp3) is 0.857. The number of rotatable bonds is 63. The van der Waals surface area contributed by atoms with Gasteiger partial charge in [-0.15, -0.1) is 0 Å². The summed E-state index contributed by atoms with van der Waals surface area (Å²) in [6, 6.07) is -0.638. The van der Waals surface area contributed by atoms with Crippen LogP contribution in [0.3, 0.4) is 0 Å². The van der Waals surface area contributed by atoms with Crippen LogP contribution in [0.5, 0.6) is 0 Å². The molecule has 0 heterocycles. The Hall–Kier alpha value is -2.18. The Morgan fingerprint density at radius 2 is 0.658 bits per heavy atom. The average molecular weight is 1070 g/mol. The first kappa shape index (κ1) is 73.8. The molecule has 446 valence electrons. The highest BCUT2D eigenvalue weighted by atomic mass is 16.5. The Bertz CT molecular complexity index is 1270. The van der Waals surface area contributed by atoms with E-state index >= 15 is 0 Å². The molecule has 76 heavy (non-hydrogen) atoms. The Labute approximate surface area is 474 Å². The number of allylic oxidation sites excluding steroid dienone is 7. The van der Waals surface area contributed by atoms with Gasteiger partial charge in [0.2, 0.25) is 5.91 Å². The van der Waals surface area contributed by atoms with E-state index in [1.807, 2.05) is 6.08 Å². The highest BCUT2D eigenvalue weighted by Gasteiger charge is 2.18. The first-order valence-electron chi connectivity index (χ1n) is 33.9. The number of ether oxygens (including phenoxy) is 1. The molecule has 0 aliphatic rings. The first-order valence-corrected chi connectivity index (χ1v) is 33.9. The van der Waals surface area contributed by atoms with Gasteiger partial charge in [0, 0.05) is 12.8 Å². The van der Waals surface area contributed by atoms with Gasteiger partial charge in [-0.25, -0.2) is 0 Å². The molecule has 0 fully saturated rings. The van der Waals surface area contributed by atoms with Gasteiger partial charge in [0.25, 0.3) is 0 Å². The Morgan fingerprint density at radius 1 is 0.368 bits per heavy atom. The number of amides is 1. The molecule has 0 rings (SSSR count). The van der Waals surface area contributed by atoms with E-state index in [1.54, 1.807) is 6.08 Å². The standard InChI is InChI=1S/C70H131NO5/c1-3-5-7-9-11-13-15-17-18-19-20-21-22-24-27-30-33-36-39-42-46-50-54-58-62-68(73)67(66-72)71-69(74)63-59-55-51-47-43-40-37-34-31-28-25-23-26-29-32-35-38-41-45-49-53-57-61-65-76-70(75)64-60-56-52-48-44-16-14-12-10-8-6-4-2/h12,14,23,26,28,31,58,62,67-68,72-73H,3-11,13,15-22,24-25,27,29-30,32-57,59-61,63-66H2,1-2H3,(H,71,74)/b14-12-,26-23-,31-28-,62-58+. The lowest BCUT2D eigenvalue weighted by atomic mass is 10.0. The summed E-state index contributed by atoms with van der Waals surface area (Å²) >= 11 is 0. The molecule has 0 aromatic carbocycles. The zero-order chi connectivity index (χ0) is 55.0. The number of hydrogen-bond acceptors (Lipinski definition) is 5. The van der Waals surface area contributed by atoms with Crippen molar-refractivity contribution in [1.29, 1.82) is 0 Å². The van der Waals surface area contributed by atoms with Crippen LogP contribution in [0.25, 0.3) is 0 Å². The fourth-order valence-corrected chi connectivity index (χ4v) is 10.4. The minimum Gasteiger partial charge on any atom is -0.466 e. The molecular weight excluding hydrogens is 935 g/mol. The molecule has 0 saturated carbocycles. The van der Waals surface area contributed by atoms with Crippen molar-refractivity contribution in [3.63, 3.8) is 0 Å². The minimum absolute atomic E-state index is 0.00355. The van der Waals surface area contributed by atoms with Crippen molar-refractivity contribution in [3.8, 4) is 0 Å².